The second-order valence-electron chi connectivity index (χ2n) is 18.7. The maximum Gasteiger partial charge on any atom is 0.472 e. The van der Waals surface area contributed by atoms with Gasteiger partial charge in [-0.1, -0.05) is 191 Å². The molecule has 0 fully saturated rings. The van der Waals surface area contributed by atoms with E-state index in [1.54, 1.807) is 0 Å². The number of carbonyl (C=O) groups is 3. The molecule has 0 aliphatic rings. The maximum atomic E-state index is 12.9. The van der Waals surface area contributed by atoms with Crippen LogP contribution >= 0.6 is 7.82 Å². The molecule has 0 heterocycles. The van der Waals surface area contributed by atoms with Crippen molar-refractivity contribution in [3.05, 3.63) is 60.8 Å². The monoisotopic (exact) mass is 1010 g/mol. The molecule has 0 aliphatic carbocycles. The lowest BCUT2D eigenvalue weighted by Crippen LogP contribution is -2.30. The van der Waals surface area contributed by atoms with Crippen LogP contribution in [0.15, 0.2) is 60.8 Å². The van der Waals surface area contributed by atoms with Gasteiger partial charge < -0.3 is 24.2 Å². The molecular weight excluding hydrogens is 904 g/mol. The Morgan fingerprint density at radius 3 is 1.16 bits per heavy atom. The summed E-state index contributed by atoms with van der Waals surface area (Å²) in [5.41, 5.74) is 0. The number of aliphatic hydroxyl groups is 1. The summed E-state index contributed by atoms with van der Waals surface area (Å²) in [6, 6.07) is 0. The molecule has 0 rings (SSSR count). The molecule has 0 bridgehead atoms. The Balaban J connectivity index is 4.77. The van der Waals surface area contributed by atoms with Crippen LogP contribution < -0.4 is 0 Å². The van der Waals surface area contributed by atoms with Gasteiger partial charge in [-0.2, -0.15) is 0 Å². The SMILES string of the molecule is CCC/C=C\C/C=C\CCCCCCCC(=O)OC(CO)COP(=O)(O)OCC(COC(=O)CCCCCCC/C=C\CCCCCCCC)OC(=O)CCCCCCC/C=C\C/C=C\CCCCC. The van der Waals surface area contributed by atoms with Crippen LogP contribution in [0.1, 0.15) is 252 Å². The highest BCUT2D eigenvalue weighted by atomic mass is 31.2. The number of unbranched alkanes of at least 4 members (excludes halogenated alkanes) is 25. The van der Waals surface area contributed by atoms with Gasteiger partial charge in [0.2, 0.25) is 0 Å². The highest BCUT2D eigenvalue weighted by molar-refractivity contribution is 7.47. The number of carbonyl (C=O) groups excluding carboxylic acids is 3. The highest BCUT2D eigenvalue weighted by Gasteiger charge is 2.28. The number of ether oxygens (including phenoxy) is 3. The maximum absolute atomic E-state index is 12.9. The van der Waals surface area contributed by atoms with Crippen LogP contribution in [0, 0.1) is 0 Å². The number of allylic oxidation sites excluding steroid dienone is 10. The zero-order valence-electron chi connectivity index (χ0n) is 44.7. The molecule has 0 radical (unpaired) electrons. The smallest absolute Gasteiger partial charge is 0.462 e. The fourth-order valence-corrected chi connectivity index (χ4v) is 8.32. The van der Waals surface area contributed by atoms with Gasteiger partial charge in [-0.15, -0.1) is 0 Å². The molecule has 0 aliphatic heterocycles. The zero-order chi connectivity index (χ0) is 51.3. The molecule has 0 aromatic carbocycles. The molecule has 11 nitrogen and oxygen atoms in total. The molecule has 12 heteroatoms. The third-order valence-corrected chi connectivity index (χ3v) is 12.8. The van der Waals surface area contributed by atoms with Gasteiger partial charge in [0.25, 0.3) is 0 Å². The van der Waals surface area contributed by atoms with Crippen molar-refractivity contribution in [2.45, 2.75) is 264 Å². The molecule has 3 unspecified atom stereocenters. The number of hydrogen-bond donors (Lipinski definition) is 2. The Labute approximate surface area is 427 Å². The fraction of sp³-hybridized carbons (Fsp3) is 0.776. The van der Waals surface area contributed by atoms with Gasteiger partial charge in [0.05, 0.1) is 19.8 Å². The van der Waals surface area contributed by atoms with Gasteiger partial charge >= 0.3 is 25.7 Å². The molecule has 0 aromatic rings. The van der Waals surface area contributed by atoms with E-state index in [4.69, 9.17) is 23.3 Å². The molecule has 0 spiro atoms. The summed E-state index contributed by atoms with van der Waals surface area (Å²) in [7, 11) is -4.75. The Bertz CT molecular complexity index is 1410. The zero-order valence-corrected chi connectivity index (χ0v) is 45.6. The minimum atomic E-state index is -4.75. The van der Waals surface area contributed by atoms with Crippen LogP contribution in [0.25, 0.3) is 0 Å². The van der Waals surface area contributed by atoms with Crippen LogP contribution in [0.4, 0.5) is 0 Å². The molecule has 0 saturated carbocycles. The Morgan fingerprint density at radius 1 is 0.400 bits per heavy atom. The van der Waals surface area contributed by atoms with Crippen LogP contribution in [-0.2, 0) is 42.2 Å². The van der Waals surface area contributed by atoms with Crippen molar-refractivity contribution in [2.75, 3.05) is 26.4 Å². The first-order valence-electron chi connectivity index (χ1n) is 28.2. The second kappa shape index (κ2) is 52.5. The predicted octanol–water partition coefficient (Wildman–Crippen LogP) is 16.4. The van der Waals surface area contributed by atoms with E-state index >= 15 is 0 Å². The molecule has 2 N–H and O–H groups in total. The molecule has 0 saturated heterocycles. The first-order valence-corrected chi connectivity index (χ1v) is 29.7. The number of phosphoric ester groups is 1. The lowest BCUT2D eigenvalue weighted by atomic mass is 10.1. The highest BCUT2D eigenvalue weighted by Crippen LogP contribution is 2.43. The Kier molecular flexibility index (Phi) is 50.4. The van der Waals surface area contributed by atoms with Crippen molar-refractivity contribution in [3.63, 3.8) is 0 Å². The van der Waals surface area contributed by atoms with Crippen molar-refractivity contribution in [1.82, 2.24) is 0 Å². The van der Waals surface area contributed by atoms with E-state index in [0.717, 1.165) is 128 Å². The lowest BCUT2D eigenvalue weighted by Gasteiger charge is -2.21. The normalized spacial score (nSPS) is 13.8. The van der Waals surface area contributed by atoms with Crippen LogP contribution in [0.5, 0.6) is 0 Å². The minimum absolute atomic E-state index is 0.149. The van der Waals surface area contributed by atoms with Crippen molar-refractivity contribution in [1.29, 1.82) is 0 Å². The minimum Gasteiger partial charge on any atom is -0.462 e. The quantitative estimate of drug-likeness (QED) is 0.0197. The van der Waals surface area contributed by atoms with Gasteiger partial charge in [0.15, 0.2) is 6.10 Å². The third-order valence-electron chi connectivity index (χ3n) is 11.9. The van der Waals surface area contributed by atoms with E-state index in [1.807, 2.05) is 0 Å². The summed E-state index contributed by atoms with van der Waals surface area (Å²) in [4.78, 5) is 48.4. The average molecular weight is 1010 g/mol. The van der Waals surface area contributed by atoms with Gasteiger partial charge in [-0.25, -0.2) is 4.57 Å². The number of phosphoric acid groups is 1. The molecule has 0 aromatic heterocycles. The van der Waals surface area contributed by atoms with E-state index in [-0.39, 0.29) is 25.9 Å². The Morgan fingerprint density at radius 2 is 0.729 bits per heavy atom. The van der Waals surface area contributed by atoms with E-state index in [0.29, 0.717) is 19.3 Å². The topological polar surface area (TPSA) is 155 Å². The summed E-state index contributed by atoms with van der Waals surface area (Å²) >= 11 is 0. The summed E-state index contributed by atoms with van der Waals surface area (Å²) < 4.78 is 39.4. The standard InChI is InChI=1S/C58H103O11P/c1-4-7-10-13-16-19-22-25-27-30-32-35-38-41-44-47-56(60)65-51-55(69-58(62)49-46-43-40-37-34-31-28-26-23-20-17-14-11-8-5-2)53-67-70(63,64)66-52-54(50-59)68-57(61)48-45-42-39-36-33-29-24-21-18-15-12-9-6-3/h12,15,17,20-21,24-28,54-55,59H,4-11,13-14,16,18-19,22-23,29-53H2,1-3H3,(H,63,64)/b15-12-,20-17-,24-21-,27-25-,28-26-. The summed E-state index contributed by atoms with van der Waals surface area (Å²) in [6.07, 6.45) is 56.0. The third kappa shape index (κ3) is 50.1. The first kappa shape index (κ1) is 67.2. The molecule has 0 amide bonds. The van der Waals surface area contributed by atoms with Crippen LogP contribution in [-0.4, -0.2) is 66.5 Å². The van der Waals surface area contributed by atoms with E-state index in [2.05, 4.69) is 81.5 Å². The first-order chi connectivity index (χ1) is 34.2. The van der Waals surface area contributed by atoms with Crippen molar-refractivity contribution < 1.29 is 52.2 Å². The van der Waals surface area contributed by atoms with Crippen molar-refractivity contribution in [3.8, 4) is 0 Å². The second-order valence-corrected chi connectivity index (χ2v) is 20.2. The summed E-state index contributed by atoms with van der Waals surface area (Å²) in [5.74, 6) is -1.50. The average Bonchev–Trinajstić information content (AvgIpc) is 3.35. The van der Waals surface area contributed by atoms with Crippen LogP contribution in [0.2, 0.25) is 0 Å². The number of esters is 3. The summed E-state index contributed by atoms with van der Waals surface area (Å²) in [5, 5.41) is 9.79. The van der Waals surface area contributed by atoms with E-state index in [1.165, 1.54) is 64.2 Å². The van der Waals surface area contributed by atoms with Gasteiger partial charge in [0, 0.05) is 19.3 Å². The van der Waals surface area contributed by atoms with Crippen molar-refractivity contribution in [2.24, 2.45) is 0 Å². The lowest BCUT2D eigenvalue weighted by molar-refractivity contribution is -0.161. The van der Waals surface area contributed by atoms with Crippen LogP contribution in [0.3, 0.4) is 0 Å². The number of hydrogen-bond acceptors (Lipinski definition) is 10. The Hall–Kier alpha value is -2.82. The number of rotatable bonds is 52. The largest absolute Gasteiger partial charge is 0.472 e. The number of aliphatic hydroxyl groups excluding tert-OH is 1. The van der Waals surface area contributed by atoms with E-state index in [9.17, 15) is 28.9 Å². The molecule has 3 atom stereocenters. The van der Waals surface area contributed by atoms with Gasteiger partial charge in [-0.3, -0.25) is 23.4 Å². The summed E-state index contributed by atoms with van der Waals surface area (Å²) in [6.45, 7) is 4.51. The van der Waals surface area contributed by atoms with Gasteiger partial charge in [-0.05, 0) is 103 Å². The molecule has 70 heavy (non-hydrogen) atoms. The fourth-order valence-electron chi connectivity index (χ4n) is 7.54. The molecular formula is C58H103O11P. The predicted molar refractivity (Wildman–Crippen MR) is 288 cm³/mol. The van der Waals surface area contributed by atoms with Gasteiger partial charge in [0.1, 0.15) is 12.7 Å². The van der Waals surface area contributed by atoms with Crippen molar-refractivity contribution >= 4 is 25.7 Å². The van der Waals surface area contributed by atoms with E-state index < -0.39 is 57.8 Å². The molecule has 406 valence electrons.